The van der Waals surface area contributed by atoms with E-state index >= 15 is 0 Å². The summed E-state index contributed by atoms with van der Waals surface area (Å²) in [6.07, 6.45) is 13.3. The van der Waals surface area contributed by atoms with Crippen LogP contribution in [-0.4, -0.2) is 11.1 Å². The molecule has 0 aromatic heterocycles. The highest BCUT2D eigenvalue weighted by Gasteiger charge is 1.95. The maximum Gasteiger partial charge on any atom is 0.381 e. The third kappa shape index (κ3) is 9.03. The summed E-state index contributed by atoms with van der Waals surface area (Å²) in [7, 11) is 0. The third-order valence-electron chi connectivity index (χ3n) is 1.62. The first kappa shape index (κ1) is 10.0. The quantitative estimate of drug-likeness (QED) is 0.542. The molecule has 0 spiro atoms. The first-order chi connectivity index (χ1) is 5.27. The molecule has 0 radical (unpaired) electrons. The van der Waals surface area contributed by atoms with Crippen molar-refractivity contribution >= 4 is 5.97 Å². The summed E-state index contributed by atoms with van der Waals surface area (Å²) in [6.45, 7) is 0. The maximum absolute atomic E-state index is 9.13. The Morgan fingerprint density at radius 2 is 1.27 bits per heavy atom. The van der Waals surface area contributed by atoms with E-state index in [2.05, 4.69) is 6.42 Å². The number of terminal acetylenes is 1. The molecule has 0 atom stereocenters. The van der Waals surface area contributed by atoms with Gasteiger partial charge >= 0.3 is 5.97 Å². The van der Waals surface area contributed by atoms with Gasteiger partial charge in [-0.25, -0.2) is 4.79 Å². The van der Waals surface area contributed by atoms with Gasteiger partial charge in [0, 0.05) is 5.92 Å². The smallest absolute Gasteiger partial charge is 0.381 e. The number of carboxylic acid groups (broad SMARTS) is 1. The van der Waals surface area contributed by atoms with Crippen LogP contribution >= 0.6 is 0 Å². The van der Waals surface area contributed by atoms with E-state index in [1.54, 1.807) is 0 Å². The van der Waals surface area contributed by atoms with Crippen molar-refractivity contribution in [2.75, 3.05) is 0 Å². The van der Waals surface area contributed by atoms with Crippen LogP contribution in [0.4, 0.5) is 0 Å². The fourth-order valence-electron chi connectivity index (χ4n) is 1.06. The Kier molecular flexibility index (Phi) is 6.51. The van der Waals surface area contributed by atoms with Gasteiger partial charge < -0.3 is 5.11 Å². The second kappa shape index (κ2) is 7.14. The molecule has 1 fully saturated rings. The average molecular weight is 154 g/mol. The zero-order valence-electron chi connectivity index (χ0n) is 6.68. The van der Waals surface area contributed by atoms with Crippen LogP contribution in [0.1, 0.15) is 38.5 Å². The Hall–Kier alpha value is -0.970. The first-order valence-corrected chi connectivity index (χ1v) is 3.97. The Morgan fingerprint density at radius 3 is 1.36 bits per heavy atom. The van der Waals surface area contributed by atoms with Gasteiger partial charge in [-0.2, -0.15) is 0 Å². The van der Waals surface area contributed by atoms with E-state index in [0.717, 1.165) is 0 Å². The van der Waals surface area contributed by atoms with Gasteiger partial charge in [0.05, 0.1) is 0 Å². The highest BCUT2D eigenvalue weighted by molar-refractivity contribution is 5.85. The van der Waals surface area contributed by atoms with E-state index in [4.69, 9.17) is 9.90 Å². The Bertz CT molecular complexity index is 129. The van der Waals surface area contributed by atoms with Gasteiger partial charge in [-0.15, -0.1) is 6.42 Å². The van der Waals surface area contributed by atoms with Gasteiger partial charge in [0.1, 0.15) is 0 Å². The van der Waals surface area contributed by atoms with Crippen LogP contribution < -0.4 is 0 Å². The lowest BCUT2D eigenvalue weighted by Crippen LogP contribution is -1.85. The average Bonchev–Trinajstić information content (AvgIpc) is 2.09. The van der Waals surface area contributed by atoms with Gasteiger partial charge in [-0.1, -0.05) is 38.5 Å². The number of hydrogen-bond donors (Lipinski definition) is 1. The van der Waals surface area contributed by atoms with Crippen LogP contribution in [0.2, 0.25) is 0 Å². The summed E-state index contributed by atoms with van der Waals surface area (Å²) < 4.78 is 0. The highest BCUT2D eigenvalue weighted by Crippen LogP contribution is 2.15. The van der Waals surface area contributed by atoms with Gasteiger partial charge in [0.15, 0.2) is 0 Å². The SMILES string of the molecule is C#CC(=O)O.C1CCCCC1. The van der Waals surface area contributed by atoms with Crippen LogP contribution in [0, 0.1) is 12.3 Å². The summed E-state index contributed by atoms with van der Waals surface area (Å²) in [5.41, 5.74) is 0. The second-order valence-corrected chi connectivity index (χ2v) is 2.57. The number of hydrogen-bond acceptors (Lipinski definition) is 1. The predicted molar refractivity (Wildman–Crippen MR) is 44.2 cm³/mol. The van der Waals surface area contributed by atoms with E-state index in [1.807, 2.05) is 0 Å². The number of aliphatic carboxylic acids is 1. The molecular weight excluding hydrogens is 140 g/mol. The molecule has 0 amide bonds. The third-order valence-corrected chi connectivity index (χ3v) is 1.62. The molecule has 0 aromatic carbocycles. The van der Waals surface area contributed by atoms with Crippen LogP contribution in [0.3, 0.4) is 0 Å². The largest absolute Gasteiger partial charge is 0.472 e. The minimum atomic E-state index is -1.22. The summed E-state index contributed by atoms with van der Waals surface area (Å²) in [4.78, 5) is 9.13. The molecule has 1 saturated carbocycles. The predicted octanol–water partition coefficient (Wildman–Crippen LogP) is 2.04. The monoisotopic (exact) mass is 154 g/mol. The topological polar surface area (TPSA) is 37.3 Å². The molecule has 2 heteroatoms. The summed E-state index contributed by atoms with van der Waals surface area (Å²) in [5.74, 6) is 0.227. The molecule has 1 aliphatic carbocycles. The first-order valence-electron chi connectivity index (χ1n) is 3.97. The molecule has 0 aliphatic heterocycles. The standard InChI is InChI=1S/C6H12.C3H2O2/c1-2-4-6-5-3-1;1-2-3(4)5/h1-6H2;1H,(H,4,5). The van der Waals surface area contributed by atoms with Crippen molar-refractivity contribution in [2.24, 2.45) is 0 Å². The molecule has 0 unspecified atom stereocenters. The summed E-state index contributed by atoms with van der Waals surface area (Å²) >= 11 is 0. The highest BCUT2D eigenvalue weighted by atomic mass is 16.4. The minimum absolute atomic E-state index is 1.22. The van der Waals surface area contributed by atoms with Gasteiger partial charge in [0.25, 0.3) is 0 Å². The van der Waals surface area contributed by atoms with E-state index in [9.17, 15) is 0 Å². The molecule has 1 N–H and O–H groups in total. The van der Waals surface area contributed by atoms with Crippen LogP contribution in [0.25, 0.3) is 0 Å². The molecule has 2 nitrogen and oxygen atoms in total. The van der Waals surface area contributed by atoms with Crippen molar-refractivity contribution in [1.82, 2.24) is 0 Å². The minimum Gasteiger partial charge on any atom is -0.472 e. The van der Waals surface area contributed by atoms with Crippen molar-refractivity contribution < 1.29 is 9.90 Å². The molecule has 0 saturated heterocycles. The van der Waals surface area contributed by atoms with Crippen molar-refractivity contribution in [1.29, 1.82) is 0 Å². The van der Waals surface area contributed by atoms with E-state index in [0.29, 0.717) is 0 Å². The Morgan fingerprint density at radius 1 is 1.09 bits per heavy atom. The van der Waals surface area contributed by atoms with Crippen molar-refractivity contribution in [2.45, 2.75) is 38.5 Å². The lowest BCUT2D eigenvalue weighted by Gasteiger charge is -2.05. The van der Waals surface area contributed by atoms with Crippen LogP contribution in [0.15, 0.2) is 0 Å². The van der Waals surface area contributed by atoms with E-state index in [-0.39, 0.29) is 0 Å². The van der Waals surface area contributed by atoms with Gasteiger partial charge in [-0.3, -0.25) is 0 Å². The second-order valence-electron chi connectivity index (χ2n) is 2.57. The lowest BCUT2D eigenvalue weighted by molar-refractivity contribution is -0.130. The molecule has 11 heavy (non-hydrogen) atoms. The normalized spacial score (nSPS) is 15.5. The molecule has 1 aliphatic rings. The number of carboxylic acids is 1. The fourth-order valence-corrected chi connectivity index (χ4v) is 1.06. The summed E-state index contributed by atoms with van der Waals surface area (Å²) in [6, 6.07) is 0. The molecule has 0 heterocycles. The Balaban J connectivity index is 0.000000187. The molecule has 0 aromatic rings. The van der Waals surface area contributed by atoms with Crippen molar-refractivity contribution in [3.63, 3.8) is 0 Å². The summed E-state index contributed by atoms with van der Waals surface area (Å²) in [5, 5.41) is 7.49. The van der Waals surface area contributed by atoms with Crippen LogP contribution in [0.5, 0.6) is 0 Å². The zero-order valence-corrected chi connectivity index (χ0v) is 6.68. The van der Waals surface area contributed by atoms with E-state index in [1.165, 1.54) is 44.4 Å². The maximum atomic E-state index is 9.13. The van der Waals surface area contributed by atoms with Crippen molar-refractivity contribution in [3.05, 3.63) is 0 Å². The fraction of sp³-hybridized carbons (Fsp3) is 0.667. The van der Waals surface area contributed by atoms with Gasteiger partial charge in [-0.05, 0) is 0 Å². The number of rotatable bonds is 0. The van der Waals surface area contributed by atoms with E-state index < -0.39 is 5.97 Å². The van der Waals surface area contributed by atoms with Crippen LogP contribution in [-0.2, 0) is 4.79 Å². The number of carbonyl (C=O) groups is 1. The zero-order chi connectivity index (χ0) is 8.53. The lowest BCUT2D eigenvalue weighted by atomic mass is 10.0. The molecule has 0 bridgehead atoms. The molecular formula is C9H14O2. The van der Waals surface area contributed by atoms with Gasteiger partial charge in [0.2, 0.25) is 0 Å². The molecule has 62 valence electrons. The Labute approximate surface area is 67.6 Å². The molecule has 1 rings (SSSR count). The van der Waals surface area contributed by atoms with Crippen molar-refractivity contribution in [3.8, 4) is 12.3 Å².